The van der Waals surface area contributed by atoms with E-state index in [-0.39, 0.29) is 6.61 Å². The molecule has 1 amide bonds. The third-order valence-corrected chi connectivity index (χ3v) is 3.15. The van der Waals surface area contributed by atoms with E-state index in [9.17, 15) is 9.59 Å². The van der Waals surface area contributed by atoms with Crippen LogP contribution in [0.4, 0.5) is 0 Å². The van der Waals surface area contributed by atoms with Crippen molar-refractivity contribution in [1.82, 2.24) is 5.32 Å². The van der Waals surface area contributed by atoms with Crippen LogP contribution < -0.4 is 10.1 Å². The molecule has 0 spiro atoms. The van der Waals surface area contributed by atoms with E-state index in [1.807, 2.05) is 0 Å². The van der Waals surface area contributed by atoms with Crippen LogP contribution >= 0.6 is 27.5 Å². The van der Waals surface area contributed by atoms with Gasteiger partial charge in [-0.1, -0.05) is 18.5 Å². The van der Waals surface area contributed by atoms with Gasteiger partial charge in [0, 0.05) is 5.02 Å². The molecule has 0 aliphatic carbocycles. The fourth-order valence-electron chi connectivity index (χ4n) is 1.31. The number of carboxylic acids is 1. The molecule has 0 bridgehead atoms. The fourth-order valence-corrected chi connectivity index (χ4v) is 2.11. The molecule has 0 radical (unpaired) electrons. The summed E-state index contributed by atoms with van der Waals surface area (Å²) in [5, 5.41) is 11.7. The maximum Gasteiger partial charge on any atom is 0.326 e. The molecule has 0 unspecified atom stereocenters. The summed E-state index contributed by atoms with van der Waals surface area (Å²) >= 11 is 9.02. The van der Waals surface area contributed by atoms with Gasteiger partial charge in [-0.3, -0.25) is 4.79 Å². The number of carbonyl (C=O) groups is 2. The Morgan fingerprint density at radius 2 is 2.21 bits per heavy atom. The van der Waals surface area contributed by atoms with Crippen LogP contribution in [0.5, 0.6) is 5.75 Å². The van der Waals surface area contributed by atoms with Crippen molar-refractivity contribution >= 4 is 39.4 Å². The molecule has 1 rings (SSSR count). The van der Waals surface area contributed by atoms with Crippen LogP contribution in [0.2, 0.25) is 5.02 Å². The number of halogens is 2. The molecule has 0 aromatic heterocycles. The van der Waals surface area contributed by atoms with E-state index in [1.165, 1.54) is 0 Å². The Morgan fingerprint density at radius 1 is 1.53 bits per heavy atom. The van der Waals surface area contributed by atoms with Crippen LogP contribution in [0.3, 0.4) is 0 Å². The van der Waals surface area contributed by atoms with Crippen molar-refractivity contribution in [1.29, 1.82) is 0 Å². The molecule has 0 saturated carbocycles. The third kappa shape index (κ3) is 5.08. The van der Waals surface area contributed by atoms with Crippen LogP contribution in [0.1, 0.15) is 13.3 Å². The molecule has 104 valence electrons. The summed E-state index contributed by atoms with van der Waals surface area (Å²) < 4.78 is 5.89. The van der Waals surface area contributed by atoms with Crippen molar-refractivity contribution in [2.24, 2.45) is 0 Å². The minimum absolute atomic E-state index is 0.260. The van der Waals surface area contributed by atoms with Gasteiger partial charge in [0.25, 0.3) is 5.91 Å². The van der Waals surface area contributed by atoms with Crippen LogP contribution in [0, 0.1) is 0 Å². The number of carbonyl (C=O) groups excluding carboxylic acids is 1. The van der Waals surface area contributed by atoms with Crippen LogP contribution in [0.25, 0.3) is 0 Å². The second-order valence-corrected chi connectivity index (χ2v) is 5.02. The van der Waals surface area contributed by atoms with E-state index in [0.29, 0.717) is 21.7 Å². The molecule has 5 nitrogen and oxygen atoms in total. The van der Waals surface area contributed by atoms with Crippen LogP contribution in [-0.2, 0) is 9.59 Å². The normalized spacial score (nSPS) is 11.7. The van der Waals surface area contributed by atoms with Crippen molar-refractivity contribution in [2.45, 2.75) is 19.4 Å². The SMILES string of the molecule is CC[C@@H](NC(=O)COc1ccc(Cl)cc1Br)C(=O)O. The minimum atomic E-state index is -1.07. The Kier molecular flexibility index (Phi) is 6.11. The lowest BCUT2D eigenvalue weighted by atomic mass is 10.2. The lowest BCUT2D eigenvalue weighted by Gasteiger charge is -2.13. The van der Waals surface area contributed by atoms with Gasteiger partial charge < -0.3 is 15.2 Å². The maximum atomic E-state index is 11.5. The quantitative estimate of drug-likeness (QED) is 0.826. The number of nitrogens with one attached hydrogen (secondary N) is 1. The summed E-state index contributed by atoms with van der Waals surface area (Å²) in [5.74, 6) is -1.09. The number of hydrogen-bond acceptors (Lipinski definition) is 3. The Balaban J connectivity index is 2.52. The highest BCUT2D eigenvalue weighted by Gasteiger charge is 2.17. The zero-order chi connectivity index (χ0) is 14.4. The van der Waals surface area contributed by atoms with E-state index < -0.39 is 17.9 Å². The van der Waals surface area contributed by atoms with E-state index in [1.54, 1.807) is 25.1 Å². The van der Waals surface area contributed by atoms with Gasteiger partial charge in [0.05, 0.1) is 4.47 Å². The van der Waals surface area contributed by atoms with Gasteiger partial charge in [-0.2, -0.15) is 0 Å². The summed E-state index contributed by atoms with van der Waals surface area (Å²) in [6, 6.07) is 3.99. The lowest BCUT2D eigenvalue weighted by Crippen LogP contribution is -2.42. The zero-order valence-electron chi connectivity index (χ0n) is 10.2. The molecular formula is C12H13BrClNO4. The molecule has 0 fully saturated rings. The number of amides is 1. The van der Waals surface area contributed by atoms with Crippen LogP contribution in [0.15, 0.2) is 22.7 Å². The van der Waals surface area contributed by atoms with Crippen LogP contribution in [-0.4, -0.2) is 29.6 Å². The smallest absolute Gasteiger partial charge is 0.326 e. The molecule has 0 saturated heterocycles. The highest BCUT2D eigenvalue weighted by atomic mass is 79.9. The molecule has 0 aliphatic heterocycles. The third-order valence-electron chi connectivity index (χ3n) is 2.29. The van der Waals surface area contributed by atoms with Gasteiger partial charge in [0.2, 0.25) is 0 Å². The summed E-state index contributed by atoms with van der Waals surface area (Å²) in [4.78, 5) is 22.3. The molecule has 0 heterocycles. The standard InChI is InChI=1S/C12H13BrClNO4/c1-2-9(12(17)18)15-11(16)6-19-10-4-3-7(14)5-8(10)13/h3-5,9H,2,6H2,1H3,(H,15,16)(H,17,18)/t9-/m1/s1. The molecule has 0 aliphatic rings. The van der Waals surface area contributed by atoms with Crippen molar-refractivity contribution in [3.05, 3.63) is 27.7 Å². The highest BCUT2D eigenvalue weighted by Crippen LogP contribution is 2.27. The number of benzene rings is 1. The first-order valence-electron chi connectivity index (χ1n) is 5.54. The number of rotatable bonds is 6. The first-order chi connectivity index (χ1) is 8.93. The molecule has 7 heteroatoms. The van der Waals surface area contributed by atoms with Crippen molar-refractivity contribution in [2.75, 3.05) is 6.61 Å². The minimum Gasteiger partial charge on any atom is -0.483 e. The van der Waals surface area contributed by atoms with Gasteiger partial charge in [0.15, 0.2) is 6.61 Å². The Morgan fingerprint density at radius 3 is 2.74 bits per heavy atom. The molecular weight excluding hydrogens is 337 g/mol. The Bertz CT molecular complexity index is 481. The van der Waals surface area contributed by atoms with Gasteiger partial charge in [-0.05, 0) is 40.5 Å². The molecule has 1 atom stereocenters. The number of hydrogen-bond donors (Lipinski definition) is 2. The Hall–Kier alpha value is -1.27. The van der Waals surface area contributed by atoms with Crippen molar-refractivity contribution < 1.29 is 19.4 Å². The predicted molar refractivity (Wildman–Crippen MR) is 74.5 cm³/mol. The summed E-state index contributed by atoms with van der Waals surface area (Å²) in [6.07, 6.45) is 0.311. The number of ether oxygens (including phenoxy) is 1. The topological polar surface area (TPSA) is 75.6 Å². The first-order valence-corrected chi connectivity index (χ1v) is 6.71. The van der Waals surface area contributed by atoms with Gasteiger partial charge in [0.1, 0.15) is 11.8 Å². The van der Waals surface area contributed by atoms with Gasteiger partial charge in [-0.25, -0.2) is 4.79 Å². The summed E-state index contributed by atoms with van der Waals surface area (Å²) in [5.41, 5.74) is 0. The van der Waals surface area contributed by atoms with Crippen molar-refractivity contribution in [3.8, 4) is 5.75 Å². The van der Waals surface area contributed by atoms with E-state index >= 15 is 0 Å². The lowest BCUT2D eigenvalue weighted by molar-refractivity contribution is -0.142. The largest absolute Gasteiger partial charge is 0.483 e. The first kappa shape index (κ1) is 15.8. The van der Waals surface area contributed by atoms with Crippen molar-refractivity contribution in [3.63, 3.8) is 0 Å². The average molecular weight is 351 g/mol. The Labute approximate surface area is 124 Å². The molecule has 1 aromatic carbocycles. The summed E-state index contributed by atoms with van der Waals surface area (Å²) in [6.45, 7) is 1.42. The zero-order valence-corrected chi connectivity index (χ0v) is 12.5. The predicted octanol–water partition coefficient (Wildman–Crippen LogP) is 2.46. The molecule has 19 heavy (non-hydrogen) atoms. The number of carboxylic acid groups (broad SMARTS) is 1. The second kappa shape index (κ2) is 7.35. The fraction of sp³-hybridized carbons (Fsp3) is 0.333. The van der Waals surface area contributed by atoms with Gasteiger partial charge in [-0.15, -0.1) is 0 Å². The molecule has 2 N–H and O–H groups in total. The van der Waals surface area contributed by atoms with Gasteiger partial charge >= 0.3 is 5.97 Å². The average Bonchev–Trinajstić information content (AvgIpc) is 2.34. The van der Waals surface area contributed by atoms with E-state index in [2.05, 4.69) is 21.2 Å². The monoisotopic (exact) mass is 349 g/mol. The highest BCUT2D eigenvalue weighted by molar-refractivity contribution is 9.10. The maximum absolute atomic E-state index is 11.5. The second-order valence-electron chi connectivity index (χ2n) is 3.73. The van der Waals surface area contributed by atoms with E-state index in [4.69, 9.17) is 21.4 Å². The molecule has 1 aromatic rings. The number of aliphatic carboxylic acids is 1. The van der Waals surface area contributed by atoms with E-state index in [0.717, 1.165) is 0 Å². The summed E-state index contributed by atoms with van der Waals surface area (Å²) in [7, 11) is 0.